The van der Waals surface area contributed by atoms with E-state index in [0.717, 1.165) is 11.1 Å². The van der Waals surface area contributed by atoms with Gasteiger partial charge in [-0.1, -0.05) is 18.2 Å². The van der Waals surface area contributed by atoms with E-state index in [1.165, 1.54) is 6.92 Å². The second-order valence-corrected chi connectivity index (χ2v) is 11.5. The minimum atomic E-state index is -3.65. The van der Waals surface area contributed by atoms with Gasteiger partial charge < -0.3 is 9.64 Å². The molecule has 34 heavy (non-hydrogen) atoms. The van der Waals surface area contributed by atoms with E-state index in [1.807, 2.05) is 25.1 Å². The Bertz CT molecular complexity index is 1180. The highest BCUT2D eigenvalue weighted by Crippen LogP contribution is 2.39. The molecule has 0 aliphatic carbocycles. The Labute approximate surface area is 201 Å². The highest BCUT2D eigenvalue weighted by atomic mass is 32.2. The summed E-state index contributed by atoms with van der Waals surface area (Å²) in [5, 5.41) is 0. The van der Waals surface area contributed by atoms with Crippen molar-refractivity contribution in [1.29, 1.82) is 0 Å². The van der Waals surface area contributed by atoms with Gasteiger partial charge in [0.05, 0.1) is 28.4 Å². The molecule has 2 aromatic rings. The number of fused-ring (bicyclic) bond motifs is 1. The Morgan fingerprint density at radius 1 is 1.03 bits per heavy atom. The summed E-state index contributed by atoms with van der Waals surface area (Å²) in [5.41, 5.74) is 2.17. The first kappa shape index (κ1) is 25.7. The van der Waals surface area contributed by atoms with Gasteiger partial charge in [-0.15, -0.1) is 0 Å². The van der Waals surface area contributed by atoms with Crippen molar-refractivity contribution in [3.05, 3.63) is 42.5 Å². The van der Waals surface area contributed by atoms with Crippen molar-refractivity contribution in [2.24, 2.45) is 0 Å². The highest BCUT2D eigenvalue weighted by Gasteiger charge is 2.35. The zero-order chi connectivity index (χ0) is 25.4. The summed E-state index contributed by atoms with van der Waals surface area (Å²) in [7, 11) is -3.65. The lowest BCUT2D eigenvalue weighted by atomic mass is 10.0. The van der Waals surface area contributed by atoms with E-state index in [1.54, 1.807) is 68.7 Å². The molecule has 1 aliphatic heterocycles. The van der Waals surface area contributed by atoms with Crippen LogP contribution in [-0.4, -0.2) is 44.6 Å². The lowest BCUT2D eigenvalue weighted by Crippen LogP contribution is -2.51. The topological polar surface area (TPSA) is 96.0 Å². The third-order valence-corrected chi connectivity index (χ3v) is 7.02. The van der Waals surface area contributed by atoms with E-state index < -0.39 is 21.7 Å². The maximum Gasteiger partial charge on any atom is 0.414 e. The molecular formula is C25H33N3O5S. The Hall–Kier alpha value is -2.91. The number of hydrogen-bond acceptors (Lipinski definition) is 5. The van der Waals surface area contributed by atoms with Crippen molar-refractivity contribution in [1.82, 2.24) is 4.72 Å². The van der Waals surface area contributed by atoms with Gasteiger partial charge in [0.2, 0.25) is 15.9 Å². The average molecular weight is 488 g/mol. The van der Waals surface area contributed by atoms with Crippen LogP contribution in [0.2, 0.25) is 0 Å². The first-order chi connectivity index (χ1) is 15.7. The fourth-order valence-electron chi connectivity index (χ4n) is 4.01. The molecule has 0 saturated carbocycles. The van der Waals surface area contributed by atoms with Gasteiger partial charge in [-0.2, -0.15) is 0 Å². The molecule has 0 spiro atoms. The summed E-state index contributed by atoms with van der Waals surface area (Å²) < 4.78 is 33.3. The monoisotopic (exact) mass is 487 g/mol. The van der Waals surface area contributed by atoms with Gasteiger partial charge in [-0.05, 0) is 76.9 Å². The Morgan fingerprint density at radius 2 is 1.62 bits per heavy atom. The first-order valence-electron chi connectivity index (χ1n) is 11.3. The second-order valence-electron chi connectivity index (χ2n) is 9.86. The average Bonchev–Trinajstić information content (AvgIpc) is 2.70. The van der Waals surface area contributed by atoms with Crippen LogP contribution in [-0.2, 0) is 19.6 Å². The number of carbonyl (C=O) groups is 2. The summed E-state index contributed by atoms with van der Waals surface area (Å²) in [6, 6.07) is 11.8. The van der Waals surface area contributed by atoms with Crippen LogP contribution >= 0.6 is 0 Å². The van der Waals surface area contributed by atoms with Crippen molar-refractivity contribution in [2.75, 3.05) is 16.3 Å². The van der Waals surface area contributed by atoms with Crippen LogP contribution < -0.4 is 14.5 Å². The fourth-order valence-corrected chi connectivity index (χ4v) is 5.43. The molecule has 2 amide bonds. The van der Waals surface area contributed by atoms with E-state index >= 15 is 0 Å². The molecule has 8 nitrogen and oxygen atoms in total. The molecule has 1 atom stereocenters. The van der Waals surface area contributed by atoms with Gasteiger partial charge in [0.25, 0.3) is 0 Å². The molecule has 0 aromatic heterocycles. The smallest absolute Gasteiger partial charge is 0.414 e. The molecule has 3 rings (SSSR count). The minimum absolute atomic E-state index is 0.112. The molecule has 1 unspecified atom stereocenters. The number of hydrogen-bond donors (Lipinski definition) is 1. The highest BCUT2D eigenvalue weighted by molar-refractivity contribution is 7.89. The number of amides is 2. The van der Waals surface area contributed by atoms with E-state index in [0.29, 0.717) is 17.9 Å². The van der Waals surface area contributed by atoms with E-state index in [2.05, 4.69) is 4.72 Å². The van der Waals surface area contributed by atoms with Crippen LogP contribution in [0.3, 0.4) is 0 Å². The van der Waals surface area contributed by atoms with Crippen molar-refractivity contribution >= 4 is 33.4 Å². The summed E-state index contributed by atoms with van der Waals surface area (Å²) in [6.45, 7) is 12.6. The SMILES string of the molecule is CC(=O)N1c2ccc(-c3ccc(S(=O)(=O)NC(C)(C)C)cc3)cc2N(C(=O)OC(C)C)CC1C. The van der Waals surface area contributed by atoms with Gasteiger partial charge in [0.15, 0.2) is 0 Å². The molecule has 0 fully saturated rings. The molecule has 1 heterocycles. The van der Waals surface area contributed by atoms with Crippen LogP contribution in [0.5, 0.6) is 0 Å². The van der Waals surface area contributed by atoms with Crippen molar-refractivity contribution in [2.45, 2.75) is 71.0 Å². The van der Waals surface area contributed by atoms with Gasteiger partial charge in [0, 0.05) is 19.0 Å². The number of carbonyl (C=O) groups excluding carboxylic acids is 2. The molecule has 2 aromatic carbocycles. The summed E-state index contributed by atoms with van der Waals surface area (Å²) in [4.78, 5) is 28.6. The summed E-state index contributed by atoms with van der Waals surface area (Å²) in [6.07, 6.45) is -0.755. The van der Waals surface area contributed by atoms with Crippen LogP contribution in [0.15, 0.2) is 47.4 Å². The van der Waals surface area contributed by atoms with Crippen LogP contribution in [0, 0.1) is 0 Å². The maximum atomic E-state index is 12.8. The van der Waals surface area contributed by atoms with Crippen molar-refractivity contribution < 1.29 is 22.7 Å². The minimum Gasteiger partial charge on any atom is -0.446 e. The number of benzene rings is 2. The maximum absolute atomic E-state index is 12.8. The van der Waals surface area contributed by atoms with Crippen LogP contribution in [0.1, 0.15) is 48.5 Å². The molecule has 0 radical (unpaired) electrons. The number of nitrogens with one attached hydrogen (secondary N) is 1. The van der Waals surface area contributed by atoms with Crippen molar-refractivity contribution in [3.8, 4) is 11.1 Å². The van der Waals surface area contributed by atoms with Gasteiger partial charge in [-0.25, -0.2) is 17.9 Å². The molecule has 1 N–H and O–H groups in total. The number of sulfonamides is 1. The largest absolute Gasteiger partial charge is 0.446 e. The lowest BCUT2D eigenvalue weighted by molar-refractivity contribution is -0.117. The van der Waals surface area contributed by atoms with Gasteiger partial charge >= 0.3 is 6.09 Å². The quantitative estimate of drug-likeness (QED) is 0.683. The molecule has 184 valence electrons. The normalized spacial score (nSPS) is 16.4. The number of rotatable bonds is 4. The predicted octanol–water partition coefficient (Wildman–Crippen LogP) is 4.54. The molecular weight excluding hydrogens is 454 g/mol. The van der Waals surface area contributed by atoms with Gasteiger partial charge in [0.1, 0.15) is 0 Å². The van der Waals surface area contributed by atoms with Crippen LogP contribution in [0.4, 0.5) is 16.2 Å². The molecule has 1 aliphatic rings. The predicted molar refractivity (Wildman–Crippen MR) is 134 cm³/mol. The van der Waals surface area contributed by atoms with Crippen LogP contribution in [0.25, 0.3) is 11.1 Å². The van der Waals surface area contributed by atoms with E-state index in [-0.39, 0.29) is 22.9 Å². The number of anilines is 2. The number of nitrogens with zero attached hydrogens (tertiary/aromatic N) is 2. The summed E-state index contributed by atoms with van der Waals surface area (Å²) >= 11 is 0. The van der Waals surface area contributed by atoms with Gasteiger partial charge in [-0.3, -0.25) is 9.69 Å². The van der Waals surface area contributed by atoms with E-state index in [4.69, 9.17) is 4.74 Å². The van der Waals surface area contributed by atoms with Crippen molar-refractivity contribution in [3.63, 3.8) is 0 Å². The van der Waals surface area contributed by atoms with E-state index in [9.17, 15) is 18.0 Å². The second kappa shape index (κ2) is 9.38. The Balaban J connectivity index is 2.02. The number of ether oxygens (including phenoxy) is 1. The Kier molecular flexibility index (Phi) is 7.10. The molecule has 9 heteroatoms. The molecule has 0 bridgehead atoms. The zero-order valence-electron chi connectivity index (χ0n) is 20.7. The summed E-state index contributed by atoms with van der Waals surface area (Å²) in [5.74, 6) is -0.112. The molecule has 0 saturated heterocycles. The first-order valence-corrected chi connectivity index (χ1v) is 12.7. The Morgan fingerprint density at radius 3 is 2.15 bits per heavy atom. The standard InChI is InChI=1S/C25H33N3O5S/c1-16(2)33-24(30)27-15-17(3)28(18(4)29)22-13-10-20(14-23(22)27)19-8-11-21(12-9-19)34(31,32)26-25(5,6)7/h8-14,16-17,26H,15H2,1-7H3. The third kappa shape index (κ3) is 5.59. The zero-order valence-corrected chi connectivity index (χ0v) is 21.6. The fraction of sp³-hybridized carbons (Fsp3) is 0.440. The lowest BCUT2D eigenvalue weighted by Gasteiger charge is -2.40. The third-order valence-electron chi connectivity index (χ3n) is 5.25.